The first kappa shape index (κ1) is 12.6. The molecule has 6 heteroatoms. The second kappa shape index (κ2) is 4.42. The average Bonchev–Trinajstić information content (AvgIpc) is 2.72. The van der Waals surface area contributed by atoms with E-state index >= 15 is 0 Å². The van der Waals surface area contributed by atoms with Gasteiger partial charge in [0.15, 0.2) is 0 Å². The lowest BCUT2D eigenvalue weighted by molar-refractivity contribution is 0.573. The van der Waals surface area contributed by atoms with E-state index in [1.54, 1.807) is 11.3 Å². The van der Waals surface area contributed by atoms with Crippen LogP contribution in [0.5, 0.6) is 0 Å². The van der Waals surface area contributed by atoms with Gasteiger partial charge in [-0.1, -0.05) is 0 Å². The molecule has 4 nitrogen and oxygen atoms in total. The van der Waals surface area contributed by atoms with Gasteiger partial charge in [0, 0.05) is 0 Å². The van der Waals surface area contributed by atoms with Gasteiger partial charge in [-0.05, 0) is 43.6 Å². The van der Waals surface area contributed by atoms with Crippen LogP contribution in [0.2, 0.25) is 0 Å². The molecular formula is C11H15BrN4S. The van der Waals surface area contributed by atoms with Gasteiger partial charge in [0.25, 0.3) is 0 Å². The van der Waals surface area contributed by atoms with Crippen molar-refractivity contribution < 1.29 is 0 Å². The van der Waals surface area contributed by atoms with Crippen LogP contribution in [0.4, 0.5) is 5.82 Å². The Morgan fingerprint density at radius 1 is 1.29 bits per heavy atom. The molecule has 1 unspecified atom stereocenters. The molecule has 0 radical (unpaired) electrons. The number of hydrogen-bond acceptors (Lipinski definition) is 4. The zero-order valence-corrected chi connectivity index (χ0v) is 12.7. The molecule has 2 rings (SSSR count). The smallest absolute Gasteiger partial charge is 0.137 e. The monoisotopic (exact) mass is 314 g/mol. The highest BCUT2D eigenvalue weighted by atomic mass is 79.9. The van der Waals surface area contributed by atoms with Gasteiger partial charge in [-0.3, -0.25) is 0 Å². The number of halogens is 1. The zero-order valence-electron chi connectivity index (χ0n) is 10.3. The number of aromatic nitrogens is 3. The summed E-state index contributed by atoms with van der Waals surface area (Å²) in [5, 5.41) is 5.53. The standard InChI is InChI=1S/C11H15BrN4S/c1-5-9(12)11(13)16(15-5)7(3)10-6(2)14-8(4)17-10/h7H,13H2,1-4H3. The number of anilines is 1. The van der Waals surface area contributed by atoms with Crippen LogP contribution in [0.3, 0.4) is 0 Å². The zero-order chi connectivity index (χ0) is 12.7. The van der Waals surface area contributed by atoms with Crippen LogP contribution in [0.25, 0.3) is 0 Å². The Hall–Kier alpha value is -0.880. The summed E-state index contributed by atoms with van der Waals surface area (Å²) in [5.74, 6) is 0.667. The van der Waals surface area contributed by atoms with Gasteiger partial charge in [0.2, 0.25) is 0 Å². The van der Waals surface area contributed by atoms with E-state index in [9.17, 15) is 0 Å². The highest BCUT2D eigenvalue weighted by molar-refractivity contribution is 9.10. The van der Waals surface area contributed by atoms with Crippen LogP contribution >= 0.6 is 27.3 Å². The molecule has 2 aromatic rings. The van der Waals surface area contributed by atoms with E-state index in [4.69, 9.17) is 5.73 Å². The van der Waals surface area contributed by atoms with E-state index < -0.39 is 0 Å². The lowest BCUT2D eigenvalue weighted by Gasteiger charge is -2.12. The Balaban J connectivity index is 2.47. The van der Waals surface area contributed by atoms with Crippen molar-refractivity contribution in [1.82, 2.24) is 14.8 Å². The van der Waals surface area contributed by atoms with Crippen LogP contribution in [0, 0.1) is 20.8 Å². The van der Waals surface area contributed by atoms with E-state index in [-0.39, 0.29) is 6.04 Å². The van der Waals surface area contributed by atoms with Gasteiger partial charge in [-0.2, -0.15) is 5.10 Å². The summed E-state index contributed by atoms with van der Waals surface area (Å²) >= 11 is 5.14. The molecular weight excluding hydrogens is 300 g/mol. The van der Waals surface area contributed by atoms with Crippen molar-refractivity contribution in [2.24, 2.45) is 0 Å². The van der Waals surface area contributed by atoms with Crippen molar-refractivity contribution in [2.45, 2.75) is 33.7 Å². The van der Waals surface area contributed by atoms with Crippen molar-refractivity contribution in [3.63, 3.8) is 0 Å². The minimum absolute atomic E-state index is 0.117. The molecule has 0 spiro atoms. The van der Waals surface area contributed by atoms with E-state index in [1.807, 2.05) is 25.5 Å². The fraction of sp³-hybridized carbons (Fsp3) is 0.455. The molecule has 0 aliphatic carbocycles. The summed E-state index contributed by atoms with van der Waals surface area (Å²) < 4.78 is 2.72. The number of rotatable bonds is 2. The van der Waals surface area contributed by atoms with Gasteiger partial charge in [0.1, 0.15) is 5.82 Å². The van der Waals surface area contributed by atoms with Crippen LogP contribution in [-0.4, -0.2) is 14.8 Å². The summed E-state index contributed by atoms with van der Waals surface area (Å²) in [4.78, 5) is 5.65. The first-order valence-electron chi connectivity index (χ1n) is 5.35. The fourth-order valence-electron chi connectivity index (χ4n) is 1.89. The normalized spacial score (nSPS) is 13.0. The quantitative estimate of drug-likeness (QED) is 0.926. The topological polar surface area (TPSA) is 56.7 Å². The van der Waals surface area contributed by atoms with Gasteiger partial charge in [-0.25, -0.2) is 9.67 Å². The molecule has 2 N–H and O–H groups in total. The van der Waals surface area contributed by atoms with Crippen LogP contribution in [0.15, 0.2) is 4.47 Å². The third-order valence-corrected chi connectivity index (χ3v) is 4.96. The molecule has 0 saturated carbocycles. The minimum Gasteiger partial charge on any atom is -0.383 e. The summed E-state index contributed by atoms with van der Waals surface area (Å²) in [6.45, 7) is 8.07. The maximum Gasteiger partial charge on any atom is 0.137 e. The highest BCUT2D eigenvalue weighted by Gasteiger charge is 2.20. The molecule has 0 fully saturated rings. The third kappa shape index (κ3) is 2.11. The largest absolute Gasteiger partial charge is 0.383 e. The van der Waals surface area contributed by atoms with Crippen LogP contribution < -0.4 is 5.73 Å². The van der Waals surface area contributed by atoms with E-state index in [1.165, 1.54) is 4.88 Å². The Labute approximate surface area is 113 Å². The molecule has 0 bridgehead atoms. The van der Waals surface area contributed by atoms with E-state index in [0.29, 0.717) is 5.82 Å². The summed E-state index contributed by atoms with van der Waals surface area (Å²) in [6.07, 6.45) is 0. The molecule has 0 aromatic carbocycles. The molecule has 2 aromatic heterocycles. The van der Waals surface area contributed by atoms with Gasteiger partial charge in [-0.15, -0.1) is 11.3 Å². The Bertz CT molecular complexity index is 558. The number of nitrogen functional groups attached to an aromatic ring is 1. The van der Waals surface area contributed by atoms with Crippen molar-refractivity contribution in [3.8, 4) is 0 Å². The third-order valence-electron chi connectivity index (χ3n) is 2.73. The SMILES string of the molecule is Cc1nc(C)c(C(C)n2nc(C)c(Br)c2N)s1. The van der Waals surface area contributed by atoms with E-state index in [2.05, 4.69) is 32.9 Å². The molecule has 17 heavy (non-hydrogen) atoms. The number of aryl methyl sites for hydroxylation is 3. The molecule has 0 aliphatic rings. The van der Waals surface area contributed by atoms with Gasteiger partial charge < -0.3 is 5.73 Å². The summed E-state index contributed by atoms with van der Waals surface area (Å²) in [5.41, 5.74) is 8.01. The number of thiazole rings is 1. The number of hydrogen-bond donors (Lipinski definition) is 1. The van der Waals surface area contributed by atoms with Crippen molar-refractivity contribution in [3.05, 3.63) is 25.7 Å². The first-order chi connectivity index (χ1) is 7.91. The average molecular weight is 315 g/mol. The maximum absolute atomic E-state index is 6.04. The number of nitrogens with zero attached hydrogens (tertiary/aromatic N) is 3. The van der Waals surface area contributed by atoms with Crippen molar-refractivity contribution in [2.75, 3.05) is 5.73 Å². The lowest BCUT2D eigenvalue weighted by Crippen LogP contribution is -2.11. The van der Waals surface area contributed by atoms with Gasteiger partial charge in [0.05, 0.1) is 31.8 Å². The Morgan fingerprint density at radius 3 is 2.35 bits per heavy atom. The van der Waals surface area contributed by atoms with Gasteiger partial charge >= 0.3 is 0 Å². The molecule has 92 valence electrons. The summed E-state index contributed by atoms with van der Waals surface area (Å²) in [6, 6.07) is 0.117. The number of nitrogens with two attached hydrogens (primary N) is 1. The molecule has 0 amide bonds. The second-order valence-corrected chi connectivity index (χ2v) is 6.12. The fourth-order valence-corrected chi connectivity index (χ4v) is 3.11. The van der Waals surface area contributed by atoms with Crippen LogP contribution in [0.1, 0.15) is 34.2 Å². The predicted octanol–water partition coefficient (Wildman–Crippen LogP) is 3.22. The Morgan fingerprint density at radius 2 is 1.94 bits per heavy atom. The van der Waals surface area contributed by atoms with E-state index in [0.717, 1.165) is 20.9 Å². The second-order valence-electron chi connectivity index (χ2n) is 4.09. The first-order valence-corrected chi connectivity index (χ1v) is 6.96. The van der Waals surface area contributed by atoms with Crippen LogP contribution in [-0.2, 0) is 0 Å². The van der Waals surface area contributed by atoms with Crippen molar-refractivity contribution >= 4 is 33.1 Å². The Kier molecular flexibility index (Phi) is 3.27. The minimum atomic E-state index is 0.117. The van der Waals surface area contributed by atoms with Crippen molar-refractivity contribution in [1.29, 1.82) is 0 Å². The summed E-state index contributed by atoms with van der Waals surface area (Å²) in [7, 11) is 0. The lowest BCUT2D eigenvalue weighted by atomic mass is 10.2. The molecule has 1 atom stereocenters. The molecule has 0 aliphatic heterocycles. The molecule has 2 heterocycles. The molecule has 0 saturated heterocycles. The predicted molar refractivity (Wildman–Crippen MR) is 74.5 cm³/mol. The maximum atomic E-state index is 6.04. The highest BCUT2D eigenvalue weighted by Crippen LogP contribution is 2.32.